The maximum Gasteiger partial charge on any atom is 0.0714 e. The molecule has 2 N–H and O–H groups in total. The van der Waals surface area contributed by atoms with E-state index in [0.717, 1.165) is 38.7 Å². The van der Waals surface area contributed by atoms with Crippen LogP contribution in [0.3, 0.4) is 0 Å². The highest BCUT2D eigenvalue weighted by Crippen LogP contribution is 2.28. The second kappa shape index (κ2) is 3.73. The zero-order chi connectivity index (χ0) is 8.39. The van der Waals surface area contributed by atoms with Crippen LogP contribution >= 0.6 is 0 Å². The van der Waals surface area contributed by atoms with Gasteiger partial charge in [0.1, 0.15) is 0 Å². The van der Waals surface area contributed by atoms with E-state index in [-0.39, 0.29) is 0 Å². The van der Waals surface area contributed by atoms with Crippen LogP contribution in [-0.2, 0) is 4.74 Å². The summed E-state index contributed by atoms with van der Waals surface area (Å²) in [5.41, 5.74) is 5.50. The van der Waals surface area contributed by atoms with Crippen molar-refractivity contribution in [2.75, 3.05) is 26.2 Å². The van der Waals surface area contributed by atoms with Crippen molar-refractivity contribution in [3.8, 4) is 0 Å². The Labute approximate surface area is 73.9 Å². The fourth-order valence-corrected chi connectivity index (χ4v) is 1.87. The third kappa shape index (κ3) is 1.97. The molecule has 1 heterocycles. The smallest absolute Gasteiger partial charge is 0.0714 e. The van der Waals surface area contributed by atoms with Gasteiger partial charge < -0.3 is 10.5 Å². The molecule has 0 aromatic heterocycles. The van der Waals surface area contributed by atoms with E-state index in [1.807, 2.05) is 0 Å². The minimum absolute atomic E-state index is 0.407. The summed E-state index contributed by atoms with van der Waals surface area (Å²) < 4.78 is 5.60. The monoisotopic (exact) mass is 170 g/mol. The zero-order valence-electron chi connectivity index (χ0n) is 7.54. The van der Waals surface area contributed by atoms with Crippen LogP contribution in [0, 0.1) is 0 Å². The maximum absolute atomic E-state index is 5.60. The number of nitrogens with two attached hydrogens (primary N) is 1. The fourth-order valence-electron chi connectivity index (χ4n) is 1.87. The van der Waals surface area contributed by atoms with Gasteiger partial charge >= 0.3 is 0 Å². The molecule has 0 radical (unpaired) electrons. The highest BCUT2D eigenvalue weighted by atomic mass is 16.5. The first-order valence-corrected chi connectivity index (χ1v) is 4.96. The Morgan fingerprint density at radius 2 is 2.25 bits per heavy atom. The van der Waals surface area contributed by atoms with Crippen molar-refractivity contribution in [3.05, 3.63) is 0 Å². The van der Waals surface area contributed by atoms with E-state index < -0.39 is 0 Å². The average molecular weight is 170 g/mol. The predicted octanol–water partition coefficient (Wildman–Crippen LogP) is 0.198. The van der Waals surface area contributed by atoms with Crippen LogP contribution in [0.25, 0.3) is 0 Å². The topological polar surface area (TPSA) is 38.5 Å². The molecule has 1 aliphatic carbocycles. The molecule has 0 spiro atoms. The van der Waals surface area contributed by atoms with Crippen LogP contribution in [-0.4, -0.2) is 43.3 Å². The van der Waals surface area contributed by atoms with Crippen molar-refractivity contribution in [2.45, 2.75) is 31.4 Å². The molecule has 2 rings (SSSR count). The van der Waals surface area contributed by atoms with Crippen molar-refractivity contribution in [1.29, 1.82) is 0 Å². The van der Waals surface area contributed by atoms with E-state index in [1.54, 1.807) is 0 Å². The molecule has 1 aliphatic heterocycles. The summed E-state index contributed by atoms with van der Waals surface area (Å²) in [5.74, 6) is 0. The Morgan fingerprint density at radius 1 is 1.42 bits per heavy atom. The number of hydrogen-bond acceptors (Lipinski definition) is 3. The first-order valence-electron chi connectivity index (χ1n) is 4.96. The zero-order valence-corrected chi connectivity index (χ0v) is 7.54. The summed E-state index contributed by atoms with van der Waals surface area (Å²) >= 11 is 0. The van der Waals surface area contributed by atoms with Crippen molar-refractivity contribution in [2.24, 2.45) is 5.73 Å². The Hall–Kier alpha value is -0.120. The van der Waals surface area contributed by atoms with Crippen LogP contribution in [0.4, 0.5) is 0 Å². The molecule has 1 atom stereocenters. The summed E-state index contributed by atoms with van der Waals surface area (Å²) in [5, 5.41) is 0. The summed E-state index contributed by atoms with van der Waals surface area (Å²) in [6.45, 7) is 3.90. The van der Waals surface area contributed by atoms with Gasteiger partial charge in [0.05, 0.1) is 12.7 Å². The number of ether oxygens (including phenoxy) is 1. The van der Waals surface area contributed by atoms with Gasteiger partial charge in [0.2, 0.25) is 0 Å². The lowest BCUT2D eigenvalue weighted by molar-refractivity contribution is -0.0336. The van der Waals surface area contributed by atoms with Crippen LogP contribution in [0.15, 0.2) is 0 Å². The van der Waals surface area contributed by atoms with Crippen molar-refractivity contribution in [1.82, 2.24) is 4.90 Å². The molecule has 3 nitrogen and oxygen atoms in total. The molecule has 12 heavy (non-hydrogen) atoms. The minimum Gasteiger partial charge on any atom is -0.376 e. The predicted molar refractivity (Wildman–Crippen MR) is 48.0 cm³/mol. The van der Waals surface area contributed by atoms with Crippen LogP contribution in [0.1, 0.15) is 19.3 Å². The standard InChI is InChI=1S/C9H18N2O/c10-4-3-9-7-11(5-6-12-9)8-1-2-8/h8-9H,1-7,10H2. The van der Waals surface area contributed by atoms with Gasteiger partial charge in [-0.3, -0.25) is 4.90 Å². The average Bonchev–Trinajstić information content (AvgIpc) is 2.88. The number of nitrogens with zero attached hydrogens (tertiary/aromatic N) is 1. The lowest BCUT2D eigenvalue weighted by Gasteiger charge is -2.32. The highest BCUT2D eigenvalue weighted by Gasteiger charge is 2.32. The van der Waals surface area contributed by atoms with Gasteiger partial charge in [-0.15, -0.1) is 0 Å². The van der Waals surface area contributed by atoms with Gasteiger partial charge in [-0.25, -0.2) is 0 Å². The number of hydrogen-bond donors (Lipinski definition) is 1. The van der Waals surface area contributed by atoms with E-state index in [1.165, 1.54) is 12.8 Å². The molecule has 0 bridgehead atoms. The van der Waals surface area contributed by atoms with E-state index >= 15 is 0 Å². The molecule has 2 fully saturated rings. The van der Waals surface area contributed by atoms with Crippen LogP contribution in [0.2, 0.25) is 0 Å². The minimum atomic E-state index is 0.407. The number of rotatable bonds is 3. The molecule has 0 aromatic rings. The normalized spacial score (nSPS) is 32.2. The maximum atomic E-state index is 5.60. The molecular weight excluding hydrogens is 152 g/mol. The van der Waals surface area contributed by atoms with E-state index in [2.05, 4.69) is 4.90 Å². The molecule has 0 aromatic carbocycles. The van der Waals surface area contributed by atoms with Gasteiger partial charge in [-0.05, 0) is 25.8 Å². The summed E-state index contributed by atoms with van der Waals surface area (Å²) in [7, 11) is 0. The van der Waals surface area contributed by atoms with Crippen molar-refractivity contribution >= 4 is 0 Å². The van der Waals surface area contributed by atoms with Gasteiger partial charge in [0.25, 0.3) is 0 Å². The first kappa shape index (κ1) is 8.48. The fraction of sp³-hybridized carbons (Fsp3) is 1.00. The van der Waals surface area contributed by atoms with Gasteiger partial charge in [-0.1, -0.05) is 0 Å². The molecule has 3 heteroatoms. The summed E-state index contributed by atoms with van der Waals surface area (Å²) in [4.78, 5) is 2.56. The van der Waals surface area contributed by atoms with Crippen molar-refractivity contribution < 1.29 is 4.74 Å². The Balaban J connectivity index is 1.77. The third-order valence-electron chi connectivity index (χ3n) is 2.72. The van der Waals surface area contributed by atoms with Crippen LogP contribution in [0.5, 0.6) is 0 Å². The second-order valence-corrected chi connectivity index (χ2v) is 3.80. The Kier molecular flexibility index (Phi) is 2.63. The second-order valence-electron chi connectivity index (χ2n) is 3.80. The third-order valence-corrected chi connectivity index (χ3v) is 2.72. The van der Waals surface area contributed by atoms with E-state index in [9.17, 15) is 0 Å². The lowest BCUT2D eigenvalue weighted by atomic mass is 10.2. The molecule has 1 unspecified atom stereocenters. The van der Waals surface area contributed by atoms with Crippen LogP contribution < -0.4 is 5.73 Å². The lowest BCUT2D eigenvalue weighted by Crippen LogP contribution is -2.44. The number of morpholine rings is 1. The largest absolute Gasteiger partial charge is 0.376 e. The van der Waals surface area contributed by atoms with Gasteiger partial charge in [0, 0.05) is 19.1 Å². The van der Waals surface area contributed by atoms with E-state index in [0.29, 0.717) is 6.10 Å². The van der Waals surface area contributed by atoms with Crippen molar-refractivity contribution in [3.63, 3.8) is 0 Å². The molecule has 0 amide bonds. The Bertz CT molecular complexity index is 145. The van der Waals surface area contributed by atoms with Gasteiger partial charge in [-0.2, -0.15) is 0 Å². The molecule has 1 saturated carbocycles. The molecular formula is C9H18N2O. The highest BCUT2D eigenvalue weighted by molar-refractivity contribution is 4.87. The summed E-state index contributed by atoms with van der Waals surface area (Å²) in [6, 6.07) is 0.883. The van der Waals surface area contributed by atoms with E-state index in [4.69, 9.17) is 10.5 Å². The molecule has 70 valence electrons. The Morgan fingerprint density at radius 3 is 2.92 bits per heavy atom. The first-order chi connectivity index (χ1) is 5.90. The molecule has 1 saturated heterocycles. The summed E-state index contributed by atoms with van der Waals surface area (Å²) in [6.07, 6.45) is 4.22. The molecule has 2 aliphatic rings. The quantitative estimate of drug-likeness (QED) is 0.657. The van der Waals surface area contributed by atoms with Gasteiger partial charge in [0.15, 0.2) is 0 Å². The SMILES string of the molecule is NCCC1CN(C2CC2)CCO1.